The molecule has 1 fully saturated rings. The fourth-order valence-electron chi connectivity index (χ4n) is 10.8. The van der Waals surface area contributed by atoms with Crippen molar-refractivity contribution in [3.63, 3.8) is 0 Å². The number of rotatable bonds is 56. The molecule has 1 saturated heterocycles. The van der Waals surface area contributed by atoms with Crippen molar-refractivity contribution in [3.05, 3.63) is 0 Å². The van der Waals surface area contributed by atoms with E-state index in [9.17, 15) is 9.59 Å². The number of amides is 1. The third kappa shape index (κ3) is 43.2. The first-order chi connectivity index (χ1) is 34.5. The van der Waals surface area contributed by atoms with Gasteiger partial charge in [0, 0.05) is 39.1 Å². The van der Waals surface area contributed by atoms with Crippen molar-refractivity contribution in [1.82, 2.24) is 19.6 Å². The van der Waals surface area contributed by atoms with Gasteiger partial charge in [-0.15, -0.1) is 0 Å². The van der Waals surface area contributed by atoms with Crippen molar-refractivity contribution in [2.75, 3.05) is 78.6 Å². The number of nitrogens with zero attached hydrogens (tertiary/aromatic N) is 4. The minimum absolute atomic E-state index is 0.00940. The molecule has 1 unspecified atom stereocenters. The van der Waals surface area contributed by atoms with Gasteiger partial charge in [-0.1, -0.05) is 253 Å². The number of likely N-dealkylation sites (tertiary alicyclic amines) is 1. The molecule has 1 heterocycles. The Morgan fingerprint density at radius 3 is 1.13 bits per heavy atom. The average Bonchev–Trinajstić information content (AvgIpc) is 3.84. The molecule has 1 aliphatic heterocycles. The molecule has 0 aromatic carbocycles. The molecule has 0 N–H and O–H groups in total. The van der Waals surface area contributed by atoms with Gasteiger partial charge >= 0.3 is 5.97 Å². The Kier molecular flexibility index (Phi) is 50.3. The van der Waals surface area contributed by atoms with Crippen molar-refractivity contribution in [2.45, 2.75) is 311 Å². The summed E-state index contributed by atoms with van der Waals surface area (Å²) in [6.45, 7) is 23.5. The second kappa shape index (κ2) is 52.7. The third-order valence-corrected chi connectivity index (χ3v) is 15.7. The molecule has 0 aromatic rings. The van der Waals surface area contributed by atoms with Crippen LogP contribution in [-0.4, -0.2) is 110 Å². The number of unbranched alkanes of at least 4 members (excludes halogenated alkanes) is 35. The van der Waals surface area contributed by atoms with Gasteiger partial charge in [0.2, 0.25) is 5.91 Å². The number of hydrogen-bond donors (Lipinski definition) is 0. The molecule has 0 radical (unpaired) electrons. The summed E-state index contributed by atoms with van der Waals surface area (Å²) < 4.78 is 5.56. The second-order valence-corrected chi connectivity index (χ2v) is 22.6. The zero-order valence-corrected chi connectivity index (χ0v) is 48.5. The highest BCUT2D eigenvalue weighted by Crippen LogP contribution is 2.21. The van der Waals surface area contributed by atoms with E-state index in [-0.39, 0.29) is 5.97 Å². The Hall–Kier alpha value is -1.18. The number of carbonyl (C=O) groups is 2. The SMILES string of the molecule is CCCCCCCCCCCCCCN(CCCCCC(=O)OCCCCCCC)CC1CCN(C(=O)CN(CCCCCCCCC)CCN(CCCCCCCCC)CCCCCCCCC)C1. The molecule has 1 aliphatic rings. The highest BCUT2D eigenvalue weighted by atomic mass is 16.5. The van der Waals surface area contributed by atoms with E-state index in [4.69, 9.17) is 4.74 Å². The van der Waals surface area contributed by atoms with E-state index in [2.05, 4.69) is 54.2 Å². The lowest BCUT2D eigenvalue weighted by molar-refractivity contribution is -0.144. The lowest BCUT2D eigenvalue weighted by Gasteiger charge is -2.29. The van der Waals surface area contributed by atoms with Crippen LogP contribution in [-0.2, 0) is 14.3 Å². The van der Waals surface area contributed by atoms with E-state index in [1.54, 1.807) is 0 Å². The summed E-state index contributed by atoms with van der Waals surface area (Å²) in [5.41, 5.74) is 0. The summed E-state index contributed by atoms with van der Waals surface area (Å²) in [4.78, 5) is 37.0. The normalized spacial score (nSPS) is 14.1. The van der Waals surface area contributed by atoms with Crippen LogP contribution in [0, 0.1) is 5.92 Å². The molecule has 1 amide bonds. The number of hydrogen-bond acceptors (Lipinski definition) is 6. The molecule has 1 atom stereocenters. The van der Waals surface area contributed by atoms with Crippen molar-refractivity contribution in [1.29, 1.82) is 0 Å². The van der Waals surface area contributed by atoms with Crippen LogP contribution in [0.2, 0.25) is 0 Å². The molecular weight excluding hydrogens is 861 g/mol. The Labute approximate surface area is 439 Å². The van der Waals surface area contributed by atoms with Crippen LogP contribution in [0.3, 0.4) is 0 Å². The minimum Gasteiger partial charge on any atom is -0.466 e. The topological polar surface area (TPSA) is 56.3 Å². The molecule has 1 rings (SSSR count). The van der Waals surface area contributed by atoms with Crippen molar-refractivity contribution in [2.24, 2.45) is 5.92 Å². The van der Waals surface area contributed by atoms with Gasteiger partial charge in [0.25, 0.3) is 0 Å². The van der Waals surface area contributed by atoms with Crippen LogP contribution in [0.5, 0.6) is 0 Å². The number of carbonyl (C=O) groups excluding carboxylic acids is 2. The molecule has 0 aliphatic carbocycles. The van der Waals surface area contributed by atoms with Crippen LogP contribution in [0.25, 0.3) is 0 Å². The molecule has 0 saturated carbocycles. The first-order valence-electron chi connectivity index (χ1n) is 32.1. The van der Waals surface area contributed by atoms with Gasteiger partial charge < -0.3 is 19.4 Å². The fourth-order valence-corrected chi connectivity index (χ4v) is 10.8. The van der Waals surface area contributed by atoms with E-state index in [1.807, 2.05) is 0 Å². The van der Waals surface area contributed by atoms with Gasteiger partial charge in [0.1, 0.15) is 0 Å². The van der Waals surface area contributed by atoms with Crippen LogP contribution < -0.4 is 0 Å². The quantitative estimate of drug-likeness (QED) is 0.0447. The predicted octanol–water partition coefficient (Wildman–Crippen LogP) is 17.8. The van der Waals surface area contributed by atoms with Crippen LogP contribution in [0.4, 0.5) is 0 Å². The lowest BCUT2D eigenvalue weighted by Crippen LogP contribution is -2.43. The van der Waals surface area contributed by atoms with Crippen molar-refractivity contribution < 1.29 is 14.3 Å². The van der Waals surface area contributed by atoms with E-state index in [0.717, 1.165) is 77.9 Å². The van der Waals surface area contributed by atoms with Gasteiger partial charge in [-0.3, -0.25) is 14.5 Å². The Bertz CT molecular complexity index is 1070. The summed E-state index contributed by atoms with van der Waals surface area (Å²) in [7, 11) is 0. The van der Waals surface area contributed by atoms with Crippen LogP contribution >= 0.6 is 0 Å². The predicted molar refractivity (Wildman–Crippen MR) is 307 cm³/mol. The maximum Gasteiger partial charge on any atom is 0.305 e. The molecule has 0 aromatic heterocycles. The Morgan fingerprint density at radius 1 is 0.386 bits per heavy atom. The largest absolute Gasteiger partial charge is 0.466 e. The van der Waals surface area contributed by atoms with Crippen LogP contribution in [0.1, 0.15) is 311 Å². The van der Waals surface area contributed by atoms with Gasteiger partial charge in [-0.05, 0) is 90.0 Å². The summed E-state index contributed by atoms with van der Waals surface area (Å²) in [5, 5.41) is 0. The Balaban J connectivity index is 2.80. The van der Waals surface area contributed by atoms with Gasteiger partial charge in [-0.25, -0.2) is 0 Å². The fraction of sp³-hybridized carbons (Fsp3) is 0.968. The maximum atomic E-state index is 14.2. The van der Waals surface area contributed by atoms with E-state index in [1.165, 1.54) is 257 Å². The van der Waals surface area contributed by atoms with Crippen molar-refractivity contribution in [3.8, 4) is 0 Å². The smallest absolute Gasteiger partial charge is 0.305 e. The monoisotopic (exact) mass is 987 g/mol. The summed E-state index contributed by atoms with van der Waals surface area (Å²) in [5.74, 6) is 0.922. The minimum atomic E-state index is -0.00940. The Morgan fingerprint density at radius 2 is 0.714 bits per heavy atom. The highest BCUT2D eigenvalue weighted by molar-refractivity contribution is 5.78. The molecular formula is C63H126N4O3. The van der Waals surface area contributed by atoms with Crippen LogP contribution in [0.15, 0.2) is 0 Å². The summed E-state index contributed by atoms with van der Waals surface area (Å²) in [6.07, 6.45) is 55.7. The van der Waals surface area contributed by atoms with Gasteiger partial charge in [0.05, 0.1) is 13.2 Å². The highest BCUT2D eigenvalue weighted by Gasteiger charge is 2.28. The second-order valence-electron chi connectivity index (χ2n) is 22.6. The van der Waals surface area contributed by atoms with E-state index >= 15 is 0 Å². The molecule has 7 nitrogen and oxygen atoms in total. The summed E-state index contributed by atoms with van der Waals surface area (Å²) >= 11 is 0. The molecule has 7 heteroatoms. The molecule has 70 heavy (non-hydrogen) atoms. The summed E-state index contributed by atoms with van der Waals surface area (Å²) in [6, 6.07) is 0. The number of ether oxygens (including phenoxy) is 1. The molecule has 0 spiro atoms. The molecule has 0 bridgehead atoms. The molecule has 416 valence electrons. The van der Waals surface area contributed by atoms with Crippen molar-refractivity contribution >= 4 is 11.9 Å². The zero-order chi connectivity index (χ0) is 50.6. The lowest BCUT2D eigenvalue weighted by atomic mass is 10.0. The maximum absolute atomic E-state index is 14.2. The van der Waals surface area contributed by atoms with E-state index in [0.29, 0.717) is 31.4 Å². The first kappa shape index (κ1) is 66.8. The average molecular weight is 988 g/mol. The zero-order valence-electron chi connectivity index (χ0n) is 48.5. The number of esters is 1. The van der Waals surface area contributed by atoms with E-state index < -0.39 is 0 Å². The first-order valence-corrected chi connectivity index (χ1v) is 32.1. The van der Waals surface area contributed by atoms with Gasteiger partial charge in [0.15, 0.2) is 0 Å². The standard InChI is InChI=1S/C63H126N4O3/c1-6-11-16-21-25-26-27-28-29-33-37-43-51-65(52-45-39-40-47-63(69)70-57-46-38-20-15-10-5)58-61-48-54-67(59-61)62(68)60-66(53-44-36-32-24-19-14-9-4)56-55-64(49-41-34-30-22-17-12-7-2)50-42-35-31-23-18-13-8-3/h61H,6-60H2,1-5H3. The van der Waals surface area contributed by atoms with Gasteiger partial charge in [-0.2, -0.15) is 0 Å². The third-order valence-electron chi connectivity index (χ3n) is 15.7.